The minimum absolute atomic E-state index is 0.0159. The van der Waals surface area contributed by atoms with Crippen molar-refractivity contribution in [3.8, 4) is 11.5 Å². The molecule has 0 amide bonds. The van der Waals surface area contributed by atoms with Crippen molar-refractivity contribution in [2.24, 2.45) is 5.10 Å². The zero-order valence-electron chi connectivity index (χ0n) is 10.6. The number of halogens is 2. The van der Waals surface area contributed by atoms with E-state index in [1.807, 2.05) is 0 Å². The Bertz CT molecular complexity index is 645. The van der Waals surface area contributed by atoms with Crippen LogP contribution in [-0.2, 0) is 0 Å². The molecule has 4 nitrogen and oxygen atoms in total. The molecule has 0 heterocycles. The van der Waals surface area contributed by atoms with Crippen LogP contribution in [-0.4, -0.2) is 18.4 Å². The second-order valence-electron chi connectivity index (χ2n) is 3.93. The number of ether oxygens (including phenoxy) is 1. The monoisotopic (exact) mass is 278 g/mol. The summed E-state index contributed by atoms with van der Waals surface area (Å²) in [5.74, 6) is -1.06. The van der Waals surface area contributed by atoms with E-state index >= 15 is 0 Å². The van der Waals surface area contributed by atoms with Crippen LogP contribution in [0.4, 0.5) is 14.5 Å². The molecule has 0 saturated heterocycles. The van der Waals surface area contributed by atoms with Crippen LogP contribution in [0.3, 0.4) is 0 Å². The quantitative estimate of drug-likeness (QED) is 0.667. The van der Waals surface area contributed by atoms with E-state index in [9.17, 15) is 13.9 Å². The summed E-state index contributed by atoms with van der Waals surface area (Å²) >= 11 is 0. The molecule has 0 aromatic heterocycles. The van der Waals surface area contributed by atoms with Crippen LogP contribution in [0.2, 0.25) is 0 Å². The molecule has 2 aromatic rings. The minimum atomic E-state index is -0.731. The number of phenolic OH excluding ortho intramolecular Hbond substituents is 1. The Morgan fingerprint density at radius 3 is 2.70 bits per heavy atom. The van der Waals surface area contributed by atoms with Crippen molar-refractivity contribution in [1.29, 1.82) is 0 Å². The summed E-state index contributed by atoms with van der Waals surface area (Å²) in [5, 5.41) is 13.3. The van der Waals surface area contributed by atoms with Gasteiger partial charge < -0.3 is 9.84 Å². The van der Waals surface area contributed by atoms with Gasteiger partial charge in [-0.05, 0) is 35.9 Å². The van der Waals surface area contributed by atoms with E-state index in [-0.39, 0.29) is 11.4 Å². The van der Waals surface area contributed by atoms with Gasteiger partial charge in [-0.1, -0.05) is 0 Å². The van der Waals surface area contributed by atoms with Crippen LogP contribution in [0.15, 0.2) is 41.5 Å². The maximum atomic E-state index is 13.3. The Hall–Kier alpha value is -2.63. The van der Waals surface area contributed by atoms with Crippen LogP contribution in [0.5, 0.6) is 11.5 Å². The van der Waals surface area contributed by atoms with Crippen molar-refractivity contribution in [3.05, 3.63) is 53.6 Å². The molecule has 20 heavy (non-hydrogen) atoms. The summed E-state index contributed by atoms with van der Waals surface area (Å²) in [4.78, 5) is 0. The molecule has 2 rings (SSSR count). The molecule has 0 radical (unpaired) electrons. The largest absolute Gasteiger partial charge is 0.504 e. The lowest BCUT2D eigenvalue weighted by Gasteiger charge is -2.04. The maximum absolute atomic E-state index is 13.3. The molecule has 104 valence electrons. The predicted octanol–water partition coefficient (Wildman–Crippen LogP) is 3.13. The topological polar surface area (TPSA) is 53.8 Å². The molecule has 0 spiro atoms. The van der Waals surface area contributed by atoms with E-state index in [2.05, 4.69) is 10.5 Å². The first-order chi connectivity index (χ1) is 9.60. The van der Waals surface area contributed by atoms with Gasteiger partial charge in [-0.3, -0.25) is 5.43 Å². The Labute approximate surface area is 114 Å². The number of aromatic hydroxyl groups is 1. The minimum Gasteiger partial charge on any atom is -0.504 e. The van der Waals surface area contributed by atoms with Crippen LogP contribution < -0.4 is 10.2 Å². The first-order valence-electron chi connectivity index (χ1n) is 5.71. The van der Waals surface area contributed by atoms with E-state index in [0.29, 0.717) is 11.3 Å². The first kappa shape index (κ1) is 13.8. The number of nitrogens with one attached hydrogen (secondary N) is 1. The van der Waals surface area contributed by atoms with Crippen LogP contribution in [0.1, 0.15) is 5.56 Å². The first-order valence-corrected chi connectivity index (χ1v) is 5.71. The third-order valence-electron chi connectivity index (χ3n) is 2.53. The number of methoxy groups -OCH3 is 1. The van der Waals surface area contributed by atoms with Gasteiger partial charge in [0.05, 0.1) is 19.0 Å². The lowest BCUT2D eigenvalue weighted by atomic mass is 10.2. The van der Waals surface area contributed by atoms with E-state index < -0.39 is 11.6 Å². The molecule has 2 N–H and O–H groups in total. The molecule has 2 aromatic carbocycles. The molecule has 0 bridgehead atoms. The van der Waals surface area contributed by atoms with Gasteiger partial charge in [-0.15, -0.1) is 0 Å². The Morgan fingerprint density at radius 2 is 2.00 bits per heavy atom. The molecular weight excluding hydrogens is 266 g/mol. The van der Waals surface area contributed by atoms with Gasteiger partial charge in [0.1, 0.15) is 5.82 Å². The Morgan fingerprint density at radius 1 is 1.20 bits per heavy atom. The van der Waals surface area contributed by atoms with E-state index in [1.54, 1.807) is 12.1 Å². The van der Waals surface area contributed by atoms with Crippen molar-refractivity contribution in [2.75, 3.05) is 12.5 Å². The third kappa shape index (κ3) is 3.23. The predicted molar refractivity (Wildman–Crippen MR) is 72.2 cm³/mol. The van der Waals surface area contributed by atoms with Crippen molar-refractivity contribution < 1.29 is 18.6 Å². The fourth-order valence-electron chi connectivity index (χ4n) is 1.53. The van der Waals surface area contributed by atoms with Gasteiger partial charge in [-0.25, -0.2) is 8.78 Å². The van der Waals surface area contributed by atoms with Crippen molar-refractivity contribution in [2.45, 2.75) is 0 Å². The fraction of sp³-hybridized carbons (Fsp3) is 0.0714. The third-order valence-corrected chi connectivity index (χ3v) is 2.53. The highest BCUT2D eigenvalue weighted by Gasteiger charge is 2.03. The van der Waals surface area contributed by atoms with Crippen LogP contribution in [0.25, 0.3) is 0 Å². The SMILES string of the molecule is COc1cc(/C=N/Nc2ccc(F)cc2F)ccc1O. The fourth-order valence-corrected chi connectivity index (χ4v) is 1.53. The second-order valence-corrected chi connectivity index (χ2v) is 3.93. The summed E-state index contributed by atoms with van der Waals surface area (Å²) in [7, 11) is 1.43. The molecule has 0 aliphatic heterocycles. The number of benzene rings is 2. The molecule has 0 fully saturated rings. The van der Waals surface area contributed by atoms with Gasteiger partial charge in [0, 0.05) is 6.07 Å². The summed E-state index contributed by atoms with van der Waals surface area (Å²) in [5.41, 5.74) is 3.18. The smallest absolute Gasteiger partial charge is 0.161 e. The average molecular weight is 278 g/mol. The molecule has 6 heteroatoms. The molecular formula is C14H12F2N2O2. The number of phenols is 1. The van der Waals surface area contributed by atoms with Crippen molar-refractivity contribution in [3.63, 3.8) is 0 Å². The zero-order valence-corrected chi connectivity index (χ0v) is 10.6. The Kier molecular flexibility index (Phi) is 4.14. The van der Waals surface area contributed by atoms with E-state index in [0.717, 1.165) is 12.1 Å². The lowest BCUT2D eigenvalue weighted by Crippen LogP contribution is -1.95. The number of nitrogens with zero attached hydrogens (tertiary/aromatic N) is 1. The van der Waals surface area contributed by atoms with Gasteiger partial charge in [0.25, 0.3) is 0 Å². The molecule has 0 atom stereocenters. The Balaban J connectivity index is 2.10. The van der Waals surface area contributed by atoms with Crippen molar-refractivity contribution in [1.82, 2.24) is 0 Å². The summed E-state index contributed by atoms with van der Waals surface area (Å²) in [6.07, 6.45) is 1.42. The summed E-state index contributed by atoms with van der Waals surface area (Å²) < 4.78 is 31.0. The highest BCUT2D eigenvalue weighted by molar-refractivity contribution is 5.81. The molecule has 0 aliphatic carbocycles. The molecule has 0 saturated carbocycles. The maximum Gasteiger partial charge on any atom is 0.161 e. The lowest BCUT2D eigenvalue weighted by molar-refractivity contribution is 0.373. The highest BCUT2D eigenvalue weighted by atomic mass is 19.1. The van der Waals surface area contributed by atoms with Gasteiger partial charge >= 0.3 is 0 Å². The highest BCUT2D eigenvalue weighted by Crippen LogP contribution is 2.25. The normalized spacial score (nSPS) is 10.8. The number of rotatable bonds is 4. The second kappa shape index (κ2) is 6.01. The van der Waals surface area contributed by atoms with Crippen molar-refractivity contribution >= 4 is 11.9 Å². The number of hydrogen-bond acceptors (Lipinski definition) is 4. The summed E-state index contributed by atoms with van der Waals surface area (Å²) in [6, 6.07) is 7.79. The van der Waals surface area contributed by atoms with Gasteiger partial charge in [0.15, 0.2) is 17.3 Å². The van der Waals surface area contributed by atoms with Gasteiger partial charge in [0.2, 0.25) is 0 Å². The van der Waals surface area contributed by atoms with E-state index in [1.165, 1.54) is 25.5 Å². The summed E-state index contributed by atoms with van der Waals surface area (Å²) in [6.45, 7) is 0. The standard InChI is InChI=1S/C14H12F2N2O2/c1-20-14-6-9(2-5-13(14)19)8-17-18-12-4-3-10(15)7-11(12)16/h2-8,18-19H,1H3/b17-8+. The van der Waals surface area contributed by atoms with Crippen LogP contribution in [0, 0.1) is 11.6 Å². The number of hydrazone groups is 1. The molecule has 0 unspecified atom stereocenters. The average Bonchev–Trinajstić information content (AvgIpc) is 2.43. The van der Waals surface area contributed by atoms with E-state index in [4.69, 9.17) is 4.74 Å². The van der Waals surface area contributed by atoms with Crippen LogP contribution >= 0.6 is 0 Å². The zero-order chi connectivity index (χ0) is 14.5. The molecule has 0 aliphatic rings. The van der Waals surface area contributed by atoms with Gasteiger partial charge in [-0.2, -0.15) is 5.10 Å². The number of anilines is 1. The number of hydrogen-bond donors (Lipinski definition) is 2.